The summed E-state index contributed by atoms with van der Waals surface area (Å²) in [5.74, 6) is 1.45. The first-order valence-corrected chi connectivity index (χ1v) is 10.7. The van der Waals surface area contributed by atoms with E-state index in [-0.39, 0.29) is 36.0 Å². The number of aliphatic imine (C=N–C) groups is 1. The summed E-state index contributed by atoms with van der Waals surface area (Å²) in [4.78, 5) is 16.7. The quantitative estimate of drug-likeness (QED) is 0.266. The zero-order valence-electron chi connectivity index (χ0n) is 18.9. The van der Waals surface area contributed by atoms with Crippen LogP contribution in [0.5, 0.6) is 5.75 Å². The summed E-state index contributed by atoms with van der Waals surface area (Å²) in [6, 6.07) is 13.7. The van der Waals surface area contributed by atoms with Crippen LogP contribution in [0.1, 0.15) is 39.9 Å². The Kier molecular flexibility index (Phi) is 10.8. The van der Waals surface area contributed by atoms with Crippen molar-refractivity contribution in [2.24, 2.45) is 4.99 Å². The average Bonchev–Trinajstić information content (AvgIpc) is 3.32. The molecule has 2 aromatic rings. The van der Waals surface area contributed by atoms with Crippen LogP contribution in [-0.4, -0.2) is 45.3 Å². The van der Waals surface area contributed by atoms with Crippen LogP contribution < -0.4 is 20.7 Å². The van der Waals surface area contributed by atoms with Crippen LogP contribution in [0.4, 0.5) is 0 Å². The SMILES string of the molecule is CN=C(NCc1cccc(C(=O)NCC2CCCO2)c1)NCc1ccc(C)cc1OC.I. The van der Waals surface area contributed by atoms with Gasteiger partial charge in [0, 0.05) is 44.4 Å². The molecule has 0 spiro atoms. The minimum atomic E-state index is -0.0775. The molecule has 0 bridgehead atoms. The Balaban J connectivity index is 0.00000363. The molecule has 174 valence electrons. The lowest BCUT2D eigenvalue weighted by molar-refractivity contribution is 0.0857. The van der Waals surface area contributed by atoms with E-state index in [0.717, 1.165) is 41.9 Å². The van der Waals surface area contributed by atoms with Crippen LogP contribution in [0.3, 0.4) is 0 Å². The number of benzene rings is 2. The summed E-state index contributed by atoms with van der Waals surface area (Å²) in [7, 11) is 3.41. The van der Waals surface area contributed by atoms with Gasteiger partial charge in [-0.2, -0.15) is 0 Å². The summed E-state index contributed by atoms with van der Waals surface area (Å²) in [6.07, 6.45) is 2.20. The molecule has 1 saturated heterocycles. The smallest absolute Gasteiger partial charge is 0.251 e. The second-order valence-electron chi connectivity index (χ2n) is 7.64. The van der Waals surface area contributed by atoms with Gasteiger partial charge in [0.15, 0.2) is 5.96 Å². The molecule has 2 aromatic carbocycles. The van der Waals surface area contributed by atoms with Gasteiger partial charge in [0.2, 0.25) is 0 Å². The van der Waals surface area contributed by atoms with Crippen LogP contribution in [0, 0.1) is 6.92 Å². The van der Waals surface area contributed by atoms with Crippen molar-refractivity contribution in [3.63, 3.8) is 0 Å². The molecule has 1 atom stereocenters. The highest BCUT2D eigenvalue weighted by atomic mass is 127. The molecule has 0 aromatic heterocycles. The number of halogens is 1. The Bertz CT molecular complexity index is 914. The summed E-state index contributed by atoms with van der Waals surface area (Å²) in [5.41, 5.74) is 3.86. The summed E-state index contributed by atoms with van der Waals surface area (Å²) in [5, 5.41) is 9.56. The van der Waals surface area contributed by atoms with Crippen molar-refractivity contribution in [1.82, 2.24) is 16.0 Å². The minimum Gasteiger partial charge on any atom is -0.496 e. The summed E-state index contributed by atoms with van der Waals surface area (Å²) in [6.45, 7) is 4.53. The Morgan fingerprint density at radius 2 is 1.97 bits per heavy atom. The largest absolute Gasteiger partial charge is 0.496 e. The fourth-order valence-electron chi connectivity index (χ4n) is 3.52. The molecule has 0 aliphatic carbocycles. The second kappa shape index (κ2) is 13.3. The Labute approximate surface area is 207 Å². The third kappa shape index (κ3) is 7.67. The molecule has 1 aliphatic heterocycles. The van der Waals surface area contributed by atoms with Gasteiger partial charge in [0.1, 0.15) is 5.75 Å². The number of aryl methyl sites for hydroxylation is 1. The fraction of sp³-hybridized carbons (Fsp3) is 0.417. The van der Waals surface area contributed by atoms with Crippen molar-refractivity contribution in [2.45, 2.75) is 39.0 Å². The molecule has 1 aliphatic rings. The van der Waals surface area contributed by atoms with Gasteiger partial charge in [-0.1, -0.05) is 24.3 Å². The number of guanidine groups is 1. The van der Waals surface area contributed by atoms with E-state index in [1.165, 1.54) is 0 Å². The number of nitrogens with one attached hydrogen (secondary N) is 3. The highest BCUT2D eigenvalue weighted by Crippen LogP contribution is 2.19. The van der Waals surface area contributed by atoms with Gasteiger partial charge in [-0.05, 0) is 49.1 Å². The predicted molar refractivity (Wildman–Crippen MR) is 138 cm³/mol. The highest BCUT2D eigenvalue weighted by molar-refractivity contribution is 14.0. The first kappa shape index (κ1) is 25.9. The van der Waals surface area contributed by atoms with E-state index in [0.29, 0.717) is 31.2 Å². The number of ether oxygens (including phenoxy) is 2. The lowest BCUT2D eigenvalue weighted by atomic mass is 10.1. The number of amides is 1. The third-order valence-electron chi connectivity index (χ3n) is 5.28. The molecule has 32 heavy (non-hydrogen) atoms. The summed E-state index contributed by atoms with van der Waals surface area (Å²) >= 11 is 0. The number of hydrogen-bond donors (Lipinski definition) is 3. The van der Waals surface area contributed by atoms with E-state index < -0.39 is 0 Å². The van der Waals surface area contributed by atoms with Gasteiger partial charge in [-0.25, -0.2) is 0 Å². The van der Waals surface area contributed by atoms with Crippen LogP contribution in [0.15, 0.2) is 47.5 Å². The first-order chi connectivity index (χ1) is 15.1. The maximum absolute atomic E-state index is 12.5. The Morgan fingerprint density at radius 3 is 2.69 bits per heavy atom. The number of methoxy groups -OCH3 is 1. The minimum absolute atomic E-state index is 0. The molecule has 1 heterocycles. The maximum Gasteiger partial charge on any atom is 0.251 e. The van der Waals surface area contributed by atoms with Gasteiger partial charge in [0.25, 0.3) is 5.91 Å². The van der Waals surface area contributed by atoms with Gasteiger partial charge in [-0.3, -0.25) is 9.79 Å². The third-order valence-corrected chi connectivity index (χ3v) is 5.28. The number of rotatable bonds is 8. The first-order valence-electron chi connectivity index (χ1n) is 10.7. The van der Waals surface area contributed by atoms with E-state index in [1.807, 2.05) is 43.3 Å². The van der Waals surface area contributed by atoms with Crippen molar-refractivity contribution in [1.29, 1.82) is 0 Å². The van der Waals surface area contributed by atoms with Gasteiger partial charge < -0.3 is 25.4 Å². The molecule has 0 saturated carbocycles. The molecule has 1 amide bonds. The number of nitrogens with zero attached hydrogens (tertiary/aromatic N) is 1. The molecule has 3 N–H and O–H groups in total. The fourth-order valence-corrected chi connectivity index (χ4v) is 3.52. The number of carbonyl (C=O) groups is 1. The monoisotopic (exact) mass is 552 g/mol. The van der Waals surface area contributed by atoms with E-state index >= 15 is 0 Å². The van der Waals surface area contributed by atoms with Crippen LogP contribution in [-0.2, 0) is 17.8 Å². The van der Waals surface area contributed by atoms with Gasteiger partial charge >= 0.3 is 0 Å². The summed E-state index contributed by atoms with van der Waals surface area (Å²) < 4.78 is 11.0. The van der Waals surface area contributed by atoms with Gasteiger partial charge in [-0.15, -0.1) is 24.0 Å². The van der Waals surface area contributed by atoms with Gasteiger partial charge in [0.05, 0.1) is 13.2 Å². The van der Waals surface area contributed by atoms with E-state index in [2.05, 4.69) is 27.0 Å². The van der Waals surface area contributed by atoms with Crippen molar-refractivity contribution in [3.8, 4) is 5.75 Å². The Hall–Kier alpha value is -2.33. The van der Waals surface area contributed by atoms with Crippen LogP contribution in [0.25, 0.3) is 0 Å². The topological polar surface area (TPSA) is 84.0 Å². The van der Waals surface area contributed by atoms with E-state index in [1.54, 1.807) is 14.2 Å². The number of hydrogen-bond acceptors (Lipinski definition) is 4. The second-order valence-corrected chi connectivity index (χ2v) is 7.64. The normalized spacial score (nSPS) is 15.6. The predicted octanol–water partition coefficient (Wildman–Crippen LogP) is 3.40. The van der Waals surface area contributed by atoms with Crippen molar-refractivity contribution < 1.29 is 14.3 Å². The Morgan fingerprint density at radius 1 is 1.16 bits per heavy atom. The molecular formula is C24H33IN4O3. The zero-order valence-corrected chi connectivity index (χ0v) is 21.3. The number of carbonyl (C=O) groups excluding carboxylic acids is 1. The van der Waals surface area contributed by atoms with Crippen molar-refractivity contribution in [2.75, 3.05) is 27.3 Å². The van der Waals surface area contributed by atoms with E-state index in [9.17, 15) is 4.79 Å². The molecule has 8 heteroatoms. The molecule has 7 nitrogen and oxygen atoms in total. The standard InChI is InChI=1S/C24H32N4O3.HI/c1-17-9-10-20(22(12-17)30-3)15-28-24(25-2)27-14-18-6-4-7-19(13-18)23(29)26-16-21-8-5-11-31-21;/h4,6-7,9-10,12-13,21H,5,8,11,14-16H2,1-3H3,(H,26,29)(H2,25,27,28);1H. The highest BCUT2D eigenvalue weighted by Gasteiger charge is 2.16. The molecule has 3 rings (SSSR count). The van der Waals surface area contributed by atoms with E-state index in [4.69, 9.17) is 9.47 Å². The lowest BCUT2D eigenvalue weighted by Gasteiger charge is -2.15. The average molecular weight is 552 g/mol. The zero-order chi connectivity index (χ0) is 22.1. The molecule has 1 fully saturated rings. The van der Waals surface area contributed by atoms with Crippen LogP contribution in [0.2, 0.25) is 0 Å². The lowest BCUT2D eigenvalue weighted by Crippen LogP contribution is -2.36. The molecule has 1 unspecified atom stereocenters. The van der Waals surface area contributed by atoms with Crippen molar-refractivity contribution in [3.05, 3.63) is 64.7 Å². The van der Waals surface area contributed by atoms with Crippen LogP contribution >= 0.6 is 24.0 Å². The maximum atomic E-state index is 12.5. The molecular weight excluding hydrogens is 519 g/mol. The van der Waals surface area contributed by atoms with Crippen molar-refractivity contribution >= 4 is 35.8 Å². The molecule has 0 radical (unpaired) electrons.